The zero-order valence-corrected chi connectivity index (χ0v) is 12.8. The minimum atomic E-state index is 0.114. The molecular formula is C12H21ClN4S. The summed E-state index contributed by atoms with van der Waals surface area (Å²) in [7, 11) is 4.02. The zero-order chi connectivity index (χ0) is 13.3. The second-order valence-electron chi connectivity index (χ2n) is 4.97. The van der Waals surface area contributed by atoms with Crippen molar-refractivity contribution in [2.75, 3.05) is 25.1 Å². The van der Waals surface area contributed by atoms with E-state index >= 15 is 0 Å². The van der Waals surface area contributed by atoms with E-state index in [1.165, 1.54) is 5.75 Å². The van der Waals surface area contributed by atoms with Crippen molar-refractivity contribution in [2.45, 2.75) is 25.4 Å². The average Bonchev–Trinajstić information content (AvgIpc) is 2.56. The molecule has 0 aromatic carbocycles. The Hall–Kier alpha value is -0.230. The molecule has 2 N–H and O–H groups in total. The second kappa shape index (κ2) is 5.82. The van der Waals surface area contributed by atoms with Gasteiger partial charge in [0, 0.05) is 42.7 Å². The van der Waals surface area contributed by atoms with Gasteiger partial charge in [-0.05, 0) is 20.4 Å². The van der Waals surface area contributed by atoms with Gasteiger partial charge >= 0.3 is 0 Å². The van der Waals surface area contributed by atoms with Gasteiger partial charge in [-0.1, -0.05) is 11.6 Å². The van der Waals surface area contributed by atoms with E-state index in [0.717, 1.165) is 30.0 Å². The molecule has 2 heterocycles. The van der Waals surface area contributed by atoms with Crippen LogP contribution in [-0.2, 0) is 13.5 Å². The summed E-state index contributed by atoms with van der Waals surface area (Å²) in [6.07, 6.45) is 0.800. The first-order valence-electron chi connectivity index (χ1n) is 6.22. The number of likely N-dealkylation sites (N-methyl/N-ethyl adjacent to an activating group) is 1. The van der Waals surface area contributed by atoms with E-state index in [1.54, 1.807) is 4.68 Å². The SMILES string of the molecule is Cc1nn(C)c(Cl)c1CC(N)C1CSCCN1C. The normalized spacial score (nSPS) is 23.3. The monoisotopic (exact) mass is 288 g/mol. The van der Waals surface area contributed by atoms with E-state index < -0.39 is 0 Å². The van der Waals surface area contributed by atoms with Crippen LogP contribution in [0.25, 0.3) is 0 Å². The van der Waals surface area contributed by atoms with Gasteiger partial charge in [0.2, 0.25) is 0 Å². The smallest absolute Gasteiger partial charge is 0.130 e. The minimum absolute atomic E-state index is 0.114. The number of aromatic nitrogens is 2. The molecular weight excluding hydrogens is 268 g/mol. The molecule has 18 heavy (non-hydrogen) atoms. The van der Waals surface area contributed by atoms with E-state index in [4.69, 9.17) is 17.3 Å². The highest BCUT2D eigenvalue weighted by Crippen LogP contribution is 2.23. The Morgan fingerprint density at radius 3 is 2.83 bits per heavy atom. The second-order valence-corrected chi connectivity index (χ2v) is 6.48. The predicted molar refractivity (Wildman–Crippen MR) is 78.4 cm³/mol. The molecule has 1 aliphatic rings. The van der Waals surface area contributed by atoms with Gasteiger partial charge in [0.25, 0.3) is 0 Å². The van der Waals surface area contributed by atoms with Crippen molar-refractivity contribution in [2.24, 2.45) is 12.8 Å². The Labute approximate surface area is 118 Å². The van der Waals surface area contributed by atoms with Gasteiger partial charge in [-0.25, -0.2) is 0 Å². The highest BCUT2D eigenvalue weighted by atomic mass is 35.5. The lowest BCUT2D eigenvalue weighted by atomic mass is 10.0. The number of thioether (sulfide) groups is 1. The molecule has 4 nitrogen and oxygen atoms in total. The summed E-state index contributed by atoms with van der Waals surface area (Å²) in [5.41, 5.74) is 8.45. The molecule has 0 radical (unpaired) electrons. The van der Waals surface area contributed by atoms with Crippen molar-refractivity contribution in [3.05, 3.63) is 16.4 Å². The summed E-state index contributed by atoms with van der Waals surface area (Å²) < 4.78 is 1.72. The molecule has 2 rings (SSSR count). The van der Waals surface area contributed by atoms with Crippen LogP contribution in [0.5, 0.6) is 0 Å². The summed E-state index contributed by atoms with van der Waals surface area (Å²) in [5, 5.41) is 5.05. The van der Waals surface area contributed by atoms with E-state index in [-0.39, 0.29) is 6.04 Å². The van der Waals surface area contributed by atoms with E-state index in [9.17, 15) is 0 Å². The van der Waals surface area contributed by atoms with Crippen LogP contribution in [-0.4, -0.2) is 51.9 Å². The molecule has 102 valence electrons. The molecule has 0 amide bonds. The van der Waals surface area contributed by atoms with Crippen molar-refractivity contribution in [3.8, 4) is 0 Å². The first-order chi connectivity index (χ1) is 8.50. The highest BCUT2D eigenvalue weighted by Gasteiger charge is 2.27. The molecule has 2 unspecified atom stereocenters. The van der Waals surface area contributed by atoms with E-state index in [2.05, 4.69) is 17.0 Å². The number of hydrogen-bond acceptors (Lipinski definition) is 4. The molecule has 1 aromatic heterocycles. The van der Waals surface area contributed by atoms with Crippen LogP contribution in [0.1, 0.15) is 11.3 Å². The molecule has 0 spiro atoms. The average molecular weight is 289 g/mol. The molecule has 0 aliphatic carbocycles. The minimum Gasteiger partial charge on any atom is -0.326 e. The van der Waals surface area contributed by atoms with Gasteiger partial charge in [-0.3, -0.25) is 4.68 Å². The summed E-state index contributed by atoms with van der Waals surface area (Å²) in [4.78, 5) is 2.36. The van der Waals surface area contributed by atoms with Gasteiger partial charge in [0.15, 0.2) is 0 Å². The maximum atomic E-state index is 6.37. The molecule has 1 aromatic rings. The summed E-state index contributed by atoms with van der Waals surface area (Å²) >= 11 is 8.24. The summed E-state index contributed by atoms with van der Waals surface area (Å²) in [5.74, 6) is 2.31. The number of nitrogens with two attached hydrogens (primary N) is 1. The fourth-order valence-corrected chi connectivity index (χ4v) is 4.01. The first kappa shape index (κ1) is 14.2. The fraction of sp³-hybridized carbons (Fsp3) is 0.750. The first-order valence-corrected chi connectivity index (χ1v) is 7.75. The Morgan fingerprint density at radius 1 is 1.56 bits per heavy atom. The van der Waals surface area contributed by atoms with E-state index in [0.29, 0.717) is 11.2 Å². The fourth-order valence-electron chi connectivity index (χ4n) is 2.43. The van der Waals surface area contributed by atoms with Crippen molar-refractivity contribution in [1.82, 2.24) is 14.7 Å². The molecule has 1 saturated heterocycles. The number of aryl methyl sites for hydroxylation is 2. The lowest BCUT2D eigenvalue weighted by Crippen LogP contribution is -2.51. The van der Waals surface area contributed by atoms with Gasteiger partial charge in [0.05, 0.1) is 5.69 Å². The number of halogens is 1. The molecule has 1 fully saturated rings. The quantitative estimate of drug-likeness (QED) is 0.911. The Morgan fingerprint density at radius 2 is 2.28 bits per heavy atom. The Balaban J connectivity index is 2.08. The maximum Gasteiger partial charge on any atom is 0.130 e. The van der Waals surface area contributed by atoms with E-state index in [1.807, 2.05) is 25.7 Å². The van der Waals surface area contributed by atoms with Crippen molar-refractivity contribution in [3.63, 3.8) is 0 Å². The van der Waals surface area contributed by atoms with Crippen molar-refractivity contribution < 1.29 is 0 Å². The predicted octanol–water partition coefficient (Wildman–Crippen LogP) is 1.30. The lowest BCUT2D eigenvalue weighted by molar-refractivity contribution is 0.235. The Kier molecular flexibility index (Phi) is 4.59. The third-order valence-corrected chi connectivity index (χ3v) is 5.17. The van der Waals surface area contributed by atoms with Crippen LogP contribution < -0.4 is 5.73 Å². The third kappa shape index (κ3) is 2.85. The van der Waals surface area contributed by atoms with Crippen molar-refractivity contribution >= 4 is 23.4 Å². The number of hydrogen-bond donors (Lipinski definition) is 1. The molecule has 0 saturated carbocycles. The third-order valence-electron chi connectivity index (χ3n) is 3.65. The lowest BCUT2D eigenvalue weighted by Gasteiger charge is -2.36. The van der Waals surface area contributed by atoms with Gasteiger partial charge in [-0.2, -0.15) is 16.9 Å². The van der Waals surface area contributed by atoms with Crippen LogP contribution in [0.15, 0.2) is 0 Å². The van der Waals surface area contributed by atoms with Crippen LogP contribution in [0.4, 0.5) is 0 Å². The van der Waals surface area contributed by atoms with Gasteiger partial charge in [-0.15, -0.1) is 0 Å². The number of rotatable bonds is 3. The van der Waals surface area contributed by atoms with Crippen LogP contribution in [0, 0.1) is 6.92 Å². The summed E-state index contributed by atoms with van der Waals surface area (Å²) in [6.45, 7) is 3.11. The largest absolute Gasteiger partial charge is 0.326 e. The molecule has 1 aliphatic heterocycles. The van der Waals surface area contributed by atoms with Crippen LogP contribution in [0.2, 0.25) is 5.15 Å². The number of nitrogens with zero attached hydrogens (tertiary/aromatic N) is 3. The molecule has 2 atom stereocenters. The molecule has 6 heteroatoms. The standard InChI is InChI=1S/C12H21ClN4S/c1-8-9(12(13)17(3)15-8)6-10(14)11-7-18-5-4-16(11)2/h10-11H,4-7,14H2,1-3H3. The zero-order valence-electron chi connectivity index (χ0n) is 11.2. The van der Waals surface area contributed by atoms with Gasteiger partial charge < -0.3 is 10.6 Å². The Bertz CT molecular complexity index is 420. The topological polar surface area (TPSA) is 47.1 Å². The summed E-state index contributed by atoms with van der Waals surface area (Å²) in [6, 6.07) is 0.544. The van der Waals surface area contributed by atoms with Crippen LogP contribution >= 0.6 is 23.4 Å². The molecule has 0 bridgehead atoms. The highest BCUT2D eigenvalue weighted by molar-refractivity contribution is 7.99. The van der Waals surface area contributed by atoms with Crippen molar-refractivity contribution in [1.29, 1.82) is 0 Å². The maximum absolute atomic E-state index is 6.37. The van der Waals surface area contributed by atoms with Gasteiger partial charge in [0.1, 0.15) is 5.15 Å². The van der Waals surface area contributed by atoms with Crippen LogP contribution in [0.3, 0.4) is 0 Å².